The normalized spacial score (nSPS) is 15.0. The number of nitrogens with zero attached hydrogens (tertiary/aromatic N) is 2. The lowest BCUT2D eigenvalue weighted by Gasteiger charge is -2.27. The molecule has 7 heteroatoms. The molecule has 1 fully saturated rings. The number of carbonyl (C=O) groups is 1. The number of halogens is 1. The van der Waals surface area contributed by atoms with Crippen molar-refractivity contribution >= 4 is 27.6 Å². The van der Waals surface area contributed by atoms with Gasteiger partial charge < -0.3 is 10.1 Å². The lowest BCUT2D eigenvalue weighted by Crippen LogP contribution is -2.31. The second kappa shape index (κ2) is 5.51. The molecule has 1 N–H and O–H groups in total. The molecule has 18 heavy (non-hydrogen) atoms. The molecule has 0 atom stereocenters. The first kappa shape index (κ1) is 13.1. The molecule has 1 aliphatic rings. The van der Waals surface area contributed by atoms with Crippen molar-refractivity contribution in [3.8, 4) is 0 Å². The smallest absolute Gasteiger partial charge is 0.327 e. The highest BCUT2D eigenvalue weighted by atomic mass is 79.9. The third kappa shape index (κ3) is 2.72. The monoisotopic (exact) mass is 315 g/mol. The number of carbonyl (C=O) groups excluding carboxylic acids is 1. The van der Waals surface area contributed by atoms with Crippen LogP contribution >= 0.6 is 15.9 Å². The number of methoxy groups -OCH3 is 1. The average molecular weight is 316 g/mol. The van der Waals surface area contributed by atoms with Crippen molar-refractivity contribution in [2.24, 2.45) is 0 Å². The number of esters is 1. The minimum atomic E-state index is -0.504. The summed E-state index contributed by atoms with van der Waals surface area (Å²) in [5, 5.41) is 7.19. The fraction of sp³-hybridized carbons (Fsp3) is 0.545. The highest BCUT2D eigenvalue weighted by Crippen LogP contribution is 2.25. The number of anilines is 1. The molecule has 1 saturated carbocycles. The number of ether oxygens (including phenoxy) is 1. The van der Waals surface area contributed by atoms with Gasteiger partial charge in [-0.25, -0.2) is 4.68 Å². The van der Waals surface area contributed by atoms with E-state index in [1.54, 1.807) is 6.20 Å². The van der Waals surface area contributed by atoms with Gasteiger partial charge >= 0.3 is 5.97 Å². The zero-order chi connectivity index (χ0) is 13.1. The largest absolute Gasteiger partial charge is 0.468 e. The van der Waals surface area contributed by atoms with Crippen LogP contribution in [0.5, 0.6) is 0 Å². The topological polar surface area (TPSA) is 73.2 Å². The Morgan fingerprint density at radius 3 is 2.94 bits per heavy atom. The highest BCUT2D eigenvalue weighted by Gasteiger charge is 2.19. The molecule has 1 heterocycles. The maximum atomic E-state index is 11.9. The SMILES string of the molecule is COC(=O)Cn1ncc(NC2CCC2)c(Br)c1=O. The van der Waals surface area contributed by atoms with Crippen molar-refractivity contribution < 1.29 is 9.53 Å². The van der Waals surface area contributed by atoms with E-state index in [0.29, 0.717) is 16.2 Å². The van der Waals surface area contributed by atoms with Gasteiger partial charge in [-0.15, -0.1) is 0 Å². The minimum Gasteiger partial charge on any atom is -0.468 e. The molecule has 1 aliphatic carbocycles. The summed E-state index contributed by atoms with van der Waals surface area (Å²) in [6.45, 7) is -0.183. The minimum absolute atomic E-state index is 0.183. The van der Waals surface area contributed by atoms with Gasteiger partial charge in [0.2, 0.25) is 0 Å². The molecule has 6 nitrogen and oxygen atoms in total. The Hall–Kier alpha value is -1.37. The zero-order valence-electron chi connectivity index (χ0n) is 9.98. The molecular weight excluding hydrogens is 302 g/mol. The van der Waals surface area contributed by atoms with Crippen LogP contribution in [0.1, 0.15) is 19.3 Å². The molecule has 0 aromatic carbocycles. The summed E-state index contributed by atoms with van der Waals surface area (Å²) in [7, 11) is 1.27. The van der Waals surface area contributed by atoms with Gasteiger partial charge in [0.1, 0.15) is 11.0 Å². The summed E-state index contributed by atoms with van der Waals surface area (Å²) in [5.74, 6) is -0.504. The predicted molar refractivity (Wildman–Crippen MR) is 69.5 cm³/mol. The Labute approximate surface area is 112 Å². The summed E-state index contributed by atoms with van der Waals surface area (Å²) in [6, 6.07) is 0.416. The van der Waals surface area contributed by atoms with Gasteiger partial charge in [-0.2, -0.15) is 5.10 Å². The van der Waals surface area contributed by atoms with Crippen LogP contribution in [0, 0.1) is 0 Å². The van der Waals surface area contributed by atoms with E-state index < -0.39 is 5.97 Å². The van der Waals surface area contributed by atoms with Crippen molar-refractivity contribution in [2.75, 3.05) is 12.4 Å². The third-order valence-corrected chi connectivity index (χ3v) is 3.72. The molecule has 0 amide bonds. The van der Waals surface area contributed by atoms with Gasteiger partial charge in [-0.05, 0) is 35.2 Å². The van der Waals surface area contributed by atoms with Crippen molar-refractivity contribution in [1.82, 2.24) is 9.78 Å². The second-order valence-corrected chi connectivity index (χ2v) is 4.98. The van der Waals surface area contributed by atoms with Gasteiger partial charge in [-0.1, -0.05) is 0 Å². The number of hydrogen-bond acceptors (Lipinski definition) is 5. The van der Waals surface area contributed by atoms with Crippen molar-refractivity contribution in [3.05, 3.63) is 21.0 Å². The highest BCUT2D eigenvalue weighted by molar-refractivity contribution is 9.10. The van der Waals surface area contributed by atoms with Crippen LogP contribution in [-0.2, 0) is 16.1 Å². The molecule has 1 aromatic heterocycles. The second-order valence-electron chi connectivity index (χ2n) is 4.18. The zero-order valence-corrected chi connectivity index (χ0v) is 11.6. The first-order chi connectivity index (χ1) is 8.61. The lowest BCUT2D eigenvalue weighted by atomic mass is 9.93. The lowest BCUT2D eigenvalue weighted by molar-refractivity contribution is -0.141. The summed E-state index contributed by atoms with van der Waals surface area (Å²) < 4.78 is 5.97. The molecule has 98 valence electrons. The van der Waals surface area contributed by atoms with Crippen LogP contribution in [0.2, 0.25) is 0 Å². The molecule has 0 radical (unpaired) electrons. The fourth-order valence-corrected chi connectivity index (χ4v) is 2.06. The van der Waals surface area contributed by atoms with E-state index in [4.69, 9.17) is 0 Å². The quantitative estimate of drug-likeness (QED) is 0.844. The Morgan fingerprint density at radius 1 is 1.67 bits per heavy atom. The molecule has 2 rings (SSSR count). The molecule has 0 spiro atoms. The summed E-state index contributed by atoms with van der Waals surface area (Å²) in [6.07, 6.45) is 4.98. The Kier molecular flexibility index (Phi) is 4.00. The van der Waals surface area contributed by atoms with Gasteiger partial charge in [0.05, 0.1) is 19.0 Å². The standard InChI is InChI=1S/C11H14BrN3O3/c1-18-9(16)6-15-11(17)10(12)8(5-13-15)14-7-3-2-4-7/h5,7,14H,2-4,6H2,1H3. The van der Waals surface area contributed by atoms with E-state index in [2.05, 4.69) is 31.1 Å². The Bertz CT molecular complexity index is 511. The van der Waals surface area contributed by atoms with E-state index in [1.807, 2.05) is 0 Å². The van der Waals surface area contributed by atoms with Crippen molar-refractivity contribution in [2.45, 2.75) is 31.8 Å². The van der Waals surface area contributed by atoms with Crippen LogP contribution in [-0.4, -0.2) is 28.9 Å². The summed E-state index contributed by atoms with van der Waals surface area (Å²) in [5.41, 5.74) is 0.329. The molecular formula is C11H14BrN3O3. The average Bonchev–Trinajstić information content (AvgIpc) is 2.31. The van der Waals surface area contributed by atoms with Gasteiger partial charge in [-0.3, -0.25) is 9.59 Å². The van der Waals surface area contributed by atoms with Crippen molar-refractivity contribution in [3.63, 3.8) is 0 Å². The van der Waals surface area contributed by atoms with E-state index in [-0.39, 0.29) is 12.1 Å². The van der Waals surface area contributed by atoms with Crippen LogP contribution in [0.25, 0.3) is 0 Å². The third-order valence-electron chi connectivity index (χ3n) is 2.96. The van der Waals surface area contributed by atoms with E-state index >= 15 is 0 Å². The van der Waals surface area contributed by atoms with E-state index in [1.165, 1.54) is 13.5 Å². The van der Waals surface area contributed by atoms with Crippen LogP contribution in [0.3, 0.4) is 0 Å². The summed E-state index contributed by atoms with van der Waals surface area (Å²) >= 11 is 3.24. The first-order valence-corrected chi connectivity index (χ1v) is 6.50. The Morgan fingerprint density at radius 2 is 2.39 bits per heavy atom. The Balaban J connectivity index is 2.17. The number of aromatic nitrogens is 2. The van der Waals surface area contributed by atoms with Crippen LogP contribution in [0.4, 0.5) is 5.69 Å². The molecule has 0 bridgehead atoms. The van der Waals surface area contributed by atoms with Gasteiger partial charge in [0.25, 0.3) is 5.56 Å². The molecule has 0 aliphatic heterocycles. The predicted octanol–water partition coefficient (Wildman–Crippen LogP) is 1.14. The number of hydrogen-bond donors (Lipinski definition) is 1. The maximum Gasteiger partial charge on any atom is 0.327 e. The summed E-state index contributed by atoms with van der Waals surface area (Å²) in [4.78, 5) is 23.0. The maximum absolute atomic E-state index is 11.9. The molecule has 0 saturated heterocycles. The van der Waals surface area contributed by atoms with Crippen LogP contribution in [0.15, 0.2) is 15.5 Å². The van der Waals surface area contributed by atoms with Crippen LogP contribution < -0.4 is 10.9 Å². The first-order valence-electron chi connectivity index (χ1n) is 5.71. The van der Waals surface area contributed by atoms with Gasteiger partial charge in [0.15, 0.2) is 0 Å². The van der Waals surface area contributed by atoms with E-state index in [0.717, 1.165) is 17.5 Å². The number of rotatable bonds is 4. The number of nitrogens with one attached hydrogen (secondary N) is 1. The van der Waals surface area contributed by atoms with E-state index in [9.17, 15) is 9.59 Å². The molecule has 1 aromatic rings. The van der Waals surface area contributed by atoms with Crippen molar-refractivity contribution in [1.29, 1.82) is 0 Å². The fourth-order valence-electron chi connectivity index (χ4n) is 1.64. The van der Waals surface area contributed by atoms with Gasteiger partial charge in [0, 0.05) is 6.04 Å². The molecule has 0 unspecified atom stereocenters.